The van der Waals surface area contributed by atoms with Crippen LogP contribution in [0.25, 0.3) is 11.0 Å². The van der Waals surface area contributed by atoms with Crippen LogP contribution in [-0.4, -0.2) is 47.7 Å². The lowest BCUT2D eigenvalue weighted by Gasteiger charge is -2.35. The molecule has 2 aromatic rings. The molecule has 1 aromatic carbocycles. The van der Waals surface area contributed by atoms with Crippen molar-refractivity contribution in [1.29, 1.82) is 0 Å². The fourth-order valence-electron chi connectivity index (χ4n) is 4.66. The van der Waals surface area contributed by atoms with Crippen molar-refractivity contribution < 1.29 is 19.1 Å². The molecule has 3 heterocycles. The highest BCUT2D eigenvalue weighted by atomic mass is 16.5. The SMILES string of the molecule is Cc1c(C(=O)NCCCN2CCCCC2)oc2ccc3c(c12)C(O)CC(C)(C)O3. The van der Waals surface area contributed by atoms with Gasteiger partial charge in [-0.15, -0.1) is 0 Å². The summed E-state index contributed by atoms with van der Waals surface area (Å²) in [4.78, 5) is 15.2. The minimum absolute atomic E-state index is 0.197. The number of aliphatic hydroxyl groups excluding tert-OH is 1. The lowest BCUT2D eigenvalue weighted by molar-refractivity contribution is 0.0126. The van der Waals surface area contributed by atoms with Crippen LogP contribution >= 0.6 is 0 Å². The fraction of sp³-hybridized carbons (Fsp3) is 0.609. The number of nitrogens with one attached hydrogen (secondary N) is 1. The van der Waals surface area contributed by atoms with Gasteiger partial charge >= 0.3 is 0 Å². The molecule has 1 aromatic heterocycles. The van der Waals surface area contributed by atoms with E-state index < -0.39 is 11.7 Å². The van der Waals surface area contributed by atoms with E-state index >= 15 is 0 Å². The van der Waals surface area contributed by atoms with Gasteiger partial charge in [-0.2, -0.15) is 0 Å². The molecule has 29 heavy (non-hydrogen) atoms. The second kappa shape index (κ2) is 8.00. The number of aryl methyl sites for hydroxylation is 1. The van der Waals surface area contributed by atoms with Crippen molar-refractivity contribution >= 4 is 16.9 Å². The predicted molar refractivity (Wildman–Crippen MR) is 112 cm³/mol. The van der Waals surface area contributed by atoms with Crippen LogP contribution in [0.2, 0.25) is 0 Å². The number of benzene rings is 1. The second-order valence-electron chi connectivity index (χ2n) is 9.00. The summed E-state index contributed by atoms with van der Waals surface area (Å²) in [6.45, 7) is 9.80. The molecule has 0 saturated carbocycles. The van der Waals surface area contributed by atoms with Crippen molar-refractivity contribution in [2.24, 2.45) is 0 Å². The third-order valence-electron chi connectivity index (χ3n) is 6.09. The van der Waals surface area contributed by atoms with Gasteiger partial charge in [0, 0.05) is 29.5 Å². The van der Waals surface area contributed by atoms with Crippen LogP contribution in [0.1, 0.15) is 73.7 Å². The van der Waals surface area contributed by atoms with Crippen LogP contribution in [-0.2, 0) is 0 Å². The first-order chi connectivity index (χ1) is 13.9. The molecule has 6 heteroatoms. The molecule has 158 valence electrons. The Labute approximate surface area is 172 Å². The number of hydrogen-bond acceptors (Lipinski definition) is 5. The normalized spacial score (nSPS) is 21.6. The van der Waals surface area contributed by atoms with Crippen LogP contribution in [0.5, 0.6) is 5.75 Å². The minimum Gasteiger partial charge on any atom is -0.487 e. The van der Waals surface area contributed by atoms with E-state index in [0.717, 1.165) is 29.5 Å². The Bertz CT molecular complexity index is 896. The smallest absolute Gasteiger partial charge is 0.287 e. The van der Waals surface area contributed by atoms with E-state index in [2.05, 4.69) is 10.2 Å². The molecule has 0 bridgehead atoms. The number of amides is 1. The highest BCUT2D eigenvalue weighted by Gasteiger charge is 2.35. The number of nitrogens with zero attached hydrogens (tertiary/aromatic N) is 1. The number of carbonyl (C=O) groups excluding carboxylic acids is 1. The molecule has 2 aliphatic heterocycles. The topological polar surface area (TPSA) is 74.9 Å². The zero-order valence-corrected chi connectivity index (χ0v) is 17.7. The number of aliphatic hydroxyl groups is 1. The second-order valence-corrected chi connectivity index (χ2v) is 9.00. The molecule has 1 fully saturated rings. The number of furan rings is 1. The maximum Gasteiger partial charge on any atom is 0.287 e. The number of hydrogen-bond donors (Lipinski definition) is 2. The number of fused-ring (bicyclic) bond motifs is 3. The molecule has 1 unspecified atom stereocenters. The molecule has 0 spiro atoms. The summed E-state index contributed by atoms with van der Waals surface area (Å²) in [5.74, 6) is 0.791. The maximum atomic E-state index is 12.7. The summed E-state index contributed by atoms with van der Waals surface area (Å²) in [7, 11) is 0. The summed E-state index contributed by atoms with van der Waals surface area (Å²) >= 11 is 0. The minimum atomic E-state index is -0.644. The number of rotatable bonds is 5. The molecule has 6 nitrogen and oxygen atoms in total. The highest BCUT2D eigenvalue weighted by Crippen LogP contribution is 2.45. The maximum absolute atomic E-state index is 12.7. The van der Waals surface area contributed by atoms with E-state index in [1.807, 2.05) is 32.9 Å². The van der Waals surface area contributed by atoms with Crippen molar-refractivity contribution in [3.63, 3.8) is 0 Å². The van der Waals surface area contributed by atoms with Crippen LogP contribution in [0.3, 0.4) is 0 Å². The molecule has 0 radical (unpaired) electrons. The first-order valence-corrected chi connectivity index (χ1v) is 10.8. The van der Waals surface area contributed by atoms with Crippen LogP contribution in [0, 0.1) is 6.92 Å². The first-order valence-electron chi connectivity index (χ1n) is 10.8. The molecule has 4 rings (SSSR count). The monoisotopic (exact) mass is 400 g/mol. The van der Waals surface area contributed by atoms with E-state index in [1.165, 1.54) is 32.4 Å². The fourth-order valence-corrected chi connectivity index (χ4v) is 4.66. The van der Waals surface area contributed by atoms with Gasteiger partial charge in [0.25, 0.3) is 5.91 Å². The Balaban J connectivity index is 1.47. The molecular weight excluding hydrogens is 368 g/mol. The van der Waals surface area contributed by atoms with Crippen molar-refractivity contribution in [1.82, 2.24) is 10.2 Å². The van der Waals surface area contributed by atoms with Gasteiger partial charge in [0.15, 0.2) is 5.76 Å². The van der Waals surface area contributed by atoms with Gasteiger partial charge in [0.2, 0.25) is 0 Å². The lowest BCUT2D eigenvalue weighted by Crippen LogP contribution is -2.34. The summed E-state index contributed by atoms with van der Waals surface area (Å²) in [6, 6.07) is 3.65. The molecule has 1 amide bonds. The van der Waals surface area contributed by atoms with Crippen molar-refractivity contribution in [2.75, 3.05) is 26.2 Å². The van der Waals surface area contributed by atoms with Gasteiger partial charge in [0.1, 0.15) is 16.9 Å². The summed E-state index contributed by atoms with van der Waals surface area (Å²) in [5, 5.41) is 14.5. The summed E-state index contributed by atoms with van der Waals surface area (Å²) in [5.41, 5.74) is 1.67. The molecular formula is C23H32N2O4. The van der Waals surface area contributed by atoms with Crippen LogP contribution in [0.4, 0.5) is 0 Å². The predicted octanol–water partition coefficient (Wildman–Crippen LogP) is 3.94. The zero-order valence-electron chi connectivity index (χ0n) is 17.7. The molecule has 1 atom stereocenters. The Morgan fingerprint density at radius 1 is 1.28 bits per heavy atom. The Hall–Kier alpha value is -2.05. The zero-order chi connectivity index (χ0) is 20.6. The van der Waals surface area contributed by atoms with Gasteiger partial charge in [0.05, 0.1) is 6.10 Å². The van der Waals surface area contributed by atoms with E-state index in [9.17, 15) is 9.90 Å². The van der Waals surface area contributed by atoms with Crippen LogP contribution < -0.4 is 10.1 Å². The average Bonchev–Trinajstić information content (AvgIpc) is 3.01. The average molecular weight is 401 g/mol. The third-order valence-corrected chi connectivity index (χ3v) is 6.09. The molecule has 0 aliphatic carbocycles. The van der Waals surface area contributed by atoms with E-state index in [-0.39, 0.29) is 5.91 Å². The number of likely N-dealkylation sites (tertiary alicyclic amines) is 1. The number of ether oxygens (including phenoxy) is 1. The van der Waals surface area contributed by atoms with Gasteiger partial charge in [-0.3, -0.25) is 4.79 Å². The van der Waals surface area contributed by atoms with Gasteiger partial charge < -0.3 is 24.5 Å². The molecule has 2 N–H and O–H groups in total. The van der Waals surface area contributed by atoms with Gasteiger partial charge in [-0.25, -0.2) is 0 Å². The van der Waals surface area contributed by atoms with Crippen LogP contribution in [0.15, 0.2) is 16.5 Å². The van der Waals surface area contributed by atoms with Crippen molar-refractivity contribution in [2.45, 2.75) is 64.6 Å². The van der Waals surface area contributed by atoms with E-state index in [1.54, 1.807) is 0 Å². The summed E-state index contributed by atoms with van der Waals surface area (Å²) < 4.78 is 11.9. The Kier molecular flexibility index (Phi) is 5.58. The Morgan fingerprint density at radius 2 is 2.03 bits per heavy atom. The van der Waals surface area contributed by atoms with Crippen molar-refractivity contribution in [3.05, 3.63) is 29.0 Å². The molecule has 1 saturated heterocycles. The van der Waals surface area contributed by atoms with E-state index in [4.69, 9.17) is 9.15 Å². The summed E-state index contributed by atoms with van der Waals surface area (Å²) in [6.07, 6.45) is 4.68. The van der Waals surface area contributed by atoms with Crippen molar-refractivity contribution in [3.8, 4) is 5.75 Å². The number of piperidine rings is 1. The highest BCUT2D eigenvalue weighted by molar-refractivity contribution is 6.00. The van der Waals surface area contributed by atoms with Gasteiger partial charge in [-0.1, -0.05) is 6.42 Å². The third kappa shape index (κ3) is 4.14. The van der Waals surface area contributed by atoms with E-state index in [0.29, 0.717) is 30.1 Å². The van der Waals surface area contributed by atoms with Gasteiger partial charge in [-0.05, 0) is 71.8 Å². The first kappa shape index (κ1) is 20.2. The largest absolute Gasteiger partial charge is 0.487 e. The lowest BCUT2D eigenvalue weighted by atomic mass is 9.89. The molecule has 2 aliphatic rings. The Morgan fingerprint density at radius 3 is 2.79 bits per heavy atom. The number of carbonyl (C=O) groups is 1. The quantitative estimate of drug-likeness (QED) is 0.744. The standard InChI is InChI=1S/C23H32N2O4/c1-15-19-17(8-9-18-20(19)16(26)14-23(2,3)29-18)28-21(15)22(27)24-10-7-13-25-11-5-4-6-12-25/h8-9,16,26H,4-7,10-14H2,1-3H3,(H,24,27).